The number of anilines is 2. The van der Waals surface area contributed by atoms with Crippen molar-refractivity contribution in [1.29, 1.82) is 0 Å². The average Bonchev–Trinajstić information content (AvgIpc) is 2.79. The number of thiazole rings is 1. The lowest BCUT2D eigenvalue weighted by Crippen LogP contribution is -1.95. The molecule has 0 amide bonds. The highest BCUT2D eigenvalue weighted by Gasteiger charge is 2.05. The Bertz CT molecular complexity index is 612. The number of nitrogens with zero attached hydrogens (tertiary/aromatic N) is 2. The molecule has 0 aliphatic heterocycles. The standard InChI is InChI=1S/C12H13ClN4OS/c1-7-3-10(18-2)8(4-9(7)13)5-15-17-12-16-11(14)6-19-12/h3-6H,14H2,1-2H3,(H,16,17). The van der Waals surface area contributed by atoms with Crippen LogP contribution in [0.3, 0.4) is 0 Å². The van der Waals surface area contributed by atoms with Crippen LogP contribution in [0.1, 0.15) is 11.1 Å². The number of nitrogens with one attached hydrogen (secondary N) is 1. The second kappa shape index (κ2) is 5.90. The molecule has 0 spiro atoms. The zero-order valence-corrected chi connectivity index (χ0v) is 12.0. The van der Waals surface area contributed by atoms with E-state index in [1.807, 2.05) is 13.0 Å². The summed E-state index contributed by atoms with van der Waals surface area (Å²) in [6.07, 6.45) is 1.63. The normalized spacial score (nSPS) is 10.9. The zero-order chi connectivity index (χ0) is 13.8. The molecule has 0 atom stereocenters. The summed E-state index contributed by atoms with van der Waals surface area (Å²) < 4.78 is 5.28. The van der Waals surface area contributed by atoms with Gasteiger partial charge in [0.2, 0.25) is 5.13 Å². The van der Waals surface area contributed by atoms with E-state index in [1.165, 1.54) is 11.3 Å². The van der Waals surface area contributed by atoms with Gasteiger partial charge in [0.25, 0.3) is 0 Å². The number of hydrogen-bond donors (Lipinski definition) is 2. The van der Waals surface area contributed by atoms with E-state index in [0.29, 0.717) is 21.7 Å². The molecule has 1 heterocycles. The summed E-state index contributed by atoms with van der Waals surface area (Å²) >= 11 is 7.46. The topological polar surface area (TPSA) is 72.5 Å². The summed E-state index contributed by atoms with van der Waals surface area (Å²) in [6.45, 7) is 1.92. The minimum absolute atomic E-state index is 0.471. The minimum Gasteiger partial charge on any atom is -0.496 e. The van der Waals surface area contributed by atoms with Crippen molar-refractivity contribution in [1.82, 2.24) is 4.98 Å². The first-order valence-electron chi connectivity index (χ1n) is 5.44. The van der Waals surface area contributed by atoms with E-state index in [1.54, 1.807) is 24.8 Å². The molecule has 3 N–H and O–H groups in total. The molecular formula is C12H13ClN4OS. The maximum Gasteiger partial charge on any atom is 0.205 e. The van der Waals surface area contributed by atoms with Gasteiger partial charge in [0.15, 0.2) is 0 Å². The Hall–Kier alpha value is -1.79. The number of hydrazone groups is 1. The molecule has 100 valence electrons. The smallest absolute Gasteiger partial charge is 0.205 e. The molecule has 0 aliphatic rings. The van der Waals surface area contributed by atoms with Crippen molar-refractivity contribution in [2.75, 3.05) is 18.3 Å². The number of ether oxygens (including phenoxy) is 1. The molecule has 0 fully saturated rings. The number of nitrogen functional groups attached to an aromatic ring is 1. The molecule has 0 unspecified atom stereocenters. The molecule has 1 aromatic heterocycles. The van der Waals surface area contributed by atoms with Gasteiger partial charge in [0.05, 0.1) is 13.3 Å². The van der Waals surface area contributed by atoms with Crippen LogP contribution in [0.15, 0.2) is 22.6 Å². The molecule has 0 saturated carbocycles. The number of nitrogens with two attached hydrogens (primary N) is 1. The predicted octanol–water partition coefficient (Wildman–Crippen LogP) is 3.14. The SMILES string of the molecule is COc1cc(C)c(Cl)cc1C=NNc1nc(N)cs1. The highest BCUT2D eigenvalue weighted by Crippen LogP contribution is 2.25. The molecule has 2 aromatic rings. The third-order valence-electron chi connectivity index (χ3n) is 2.40. The van der Waals surface area contributed by atoms with Crippen LogP contribution in [0, 0.1) is 6.92 Å². The number of methoxy groups -OCH3 is 1. The summed E-state index contributed by atoms with van der Waals surface area (Å²) in [5.41, 5.74) is 10.1. The number of halogens is 1. The van der Waals surface area contributed by atoms with E-state index in [0.717, 1.165) is 11.1 Å². The van der Waals surface area contributed by atoms with Crippen LogP contribution in [-0.4, -0.2) is 18.3 Å². The van der Waals surface area contributed by atoms with E-state index in [2.05, 4.69) is 15.5 Å². The first kappa shape index (κ1) is 13.6. The molecular weight excluding hydrogens is 284 g/mol. The fourth-order valence-electron chi connectivity index (χ4n) is 1.44. The van der Waals surface area contributed by atoms with Gasteiger partial charge in [-0.25, -0.2) is 4.98 Å². The monoisotopic (exact) mass is 296 g/mol. The van der Waals surface area contributed by atoms with Crippen LogP contribution in [0.2, 0.25) is 5.02 Å². The van der Waals surface area contributed by atoms with Gasteiger partial charge < -0.3 is 10.5 Å². The Labute approximate surface area is 120 Å². The van der Waals surface area contributed by atoms with Gasteiger partial charge in [-0.15, -0.1) is 11.3 Å². The van der Waals surface area contributed by atoms with Crippen LogP contribution in [0.5, 0.6) is 5.75 Å². The van der Waals surface area contributed by atoms with Crippen molar-refractivity contribution in [2.45, 2.75) is 6.92 Å². The maximum atomic E-state index is 6.08. The van der Waals surface area contributed by atoms with Crippen molar-refractivity contribution < 1.29 is 4.74 Å². The largest absolute Gasteiger partial charge is 0.496 e. The lowest BCUT2D eigenvalue weighted by Gasteiger charge is -2.07. The highest BCUT2D eigenvalue weighted by molar-refractivity contribution is 7.14. The van der Waals surface area contributed by atoms with E-state index in [4.69, 9.17) is 22.1 Å². The summed E-state index contributed by atoms with van der Waals surface area (Å²) in [7, 11) is 1.61. The van der Waals surface area contributed by atoms with Crippen LogP contribution >= 0.6 is 22.9 Å². The predicted molar refractivity (Wildman–Crippen MR) is 80.5 cm³/mol. The fraction of sp³-hybridized carbons (Fsp3) is 0.167. The highest BCUT2D eigenvalue weighted by atomic mass is 35.5. The first-order valence-corrected chi connectivity index (χ1v) is 6.70. The lowest BCUT2D eigenvalue weighted by molar-refractivity contribution is 0.414. The van der Waals surface area contributed by atoms with Crippen LogP contribution < -0.4 is 15.9 Å². The van der Waals surface area contributed by atoms with Gasteiger partial charge in [-0.2, -0.15) is 5.10 Å². The number of benzene rings is 1. The second-order valence-corrected chi connectivity index (χ2v) is 5.06. The maximum absolute atomic E-state index is 6.08. The Kier molecular flexibility index (Phi) is 4.24. The quantitative estimate of drug-likeness (QED) is 0.671. The zero-order valence-electron chi connectivity index (χ0n) is 10.5. The fourth-order valence-corrected chi connectivity index (χ4v) is 2.16. The summed E-state index contributed by atoms with van der Waals surface area (Å²) in [5, 5.41) is 7.12. The molecule has 0 aliphatic carbocycles. The minimum atomic E-state index is 0.471. The van der Waals surface area contributed by atoms with Crippen molar-refractivity contribution in [2.24, 2.45) is 5.10 Å². The molecule has 19 heavy (non-hydrogen) atoms. The first-order chi connectivity index (χ1) is 9.10. The van der Waals surface area contributed by atoms with Crippen molar-refractivity contribution in [3.8, 4) is 5.75 Å². The third-order valence-corrected chi connectivity index (χ3v) is 3.57. The third kappa shape index (κ3) is 3.36. The van der Waals surface area contributed by atoms with E-state index >= 15 is 0 Å². The van der Waals surface area contributed by atoms with Gasteiger partial charge in [-0.1, -0.05) is 11.6 Å². The van der Waals surface area contributed by atoms with Crippen LogP contribution in [0.25, 0.3) is 0 Å². The van der Waals surface area contributed by atoms with Crippen molar-refractivity contribution in [3.63, 3.8) is 0 Å². The van der Waals surface area contributed by atoms with Crippen LogP contribution in [-0.2, 0) is 0 Å². The number of aryl methyl sites for hydroxylation is 1. The molecule has 7 heteroatoms. The molecule has 0 saturated heterocycles. The number of rotatable bonds is 4. The Morgan fingerprint density at radius 1 is 1.53 bits per heavy atom. The molecule has 5 nitrogen and oxygen atoms in total. The van der Waals surface area contributed by atoms with E-state index in [-0.39, 0.29) is 0 Å². The van der Waals surface area contributed by atoms with Gasteiger partial charge in [0.1, 0.15) is 11.6 Å². The van der Waals surface area contributed by atoms with Gasteiger partial charge in [-0.3, -0.25) is 5.43 Å². The molecule has 1 aromatic carbocycles. The van der Waals surface area contributed by atoms with E-state index in [9.17, 15) is 0 Å². The molecule has 2 rings (SSSR count). The summed E-state index contributed by atoms with van der Waals surface area (Å²) in [5.74, 6) is 1.18. The second-order valence-electron chi connectivity index (χ2n) is 3.79. The average molecular weight is 297 g/mol. The summed E-state index contributed by atoms with van der Waals surface area (Å²) in [6, 6.07) is 3.67. The number of aromatic nitrogens is 1. The summed E-state index contributed by atoms with van der Waals surface area (Å²) in [4.78, 5) is 4.03. The van der Waals surface area contributed by atoms with Gasteiger partial charge in [0, 0.05) is 16.0 Å². The Morgan fingerprint density at radius 3 is 2.95 bits per heavy atom. The van der Waals surface area contributed by atoms with Crippen LogP contribution in [0.4, 0.5) is 10.9 Å². The van der Waals surface area contributed by atoms with E-state index < -0.39 is 0 Å². The molecule has 0 bridgehead atoms. The van der Waals surface area contributed by atoms with Gasteiger partial charge in [-0.05, 0) is 24.6 Å². The van der Waals surface area contributed by atoms with Crippen molar-refractivity contribution >= 4 is 40.1 Å². The number of hydrogen-bond acceptors (Lipinski definition) is 6. The van der Waals surface area contributed by atoms with Gasteiger partial charge >= 0.3 is 0 Å². The Balaban J connectivity index is 2.16. The Morgan fingerprint density at radius 2 is 2.32 bits per heavy atom. The lowest BCUT2D eigenvalue weighted by atomic mass is 10.1. The molecule has 0 radical (unpaired) electrons. The van der Waals surface area contributed by atoms with Crippen molar-refractivity contribution in [3.05, 3.63) is 33.7 Å².